The van der Waals surface area contributed by atoms with Crippen LogP contribution < -0.4 is 5.73 Å². The fourth-order valence-corrected chi connectivity index (χ4v) is 3.01. The van der Waals surface area contributed by atoms with Gasteiger partial charge >= 0.3 is 6.18 Å². The molecule has 130 valence electrons. The highest BCUT2D eigenvalue weighted by Crippen LogP contribution is 2.49. The van der Waals surface area contributed by atoms with E-state index >= 15 is 0 Å². The summed E-state index contributed by atoms with van der Waals surface area (Å²) in [5.41, 5.74) is 5.22. The van der Waals surface area contributed by atoms with Crippen LogP contribution >= 0.6 is 0 Å². The Kier molecular flexibility index (Phi) is 4.25. The summed E-state index contributed by atoms with van der Waals surface area (Å²) in [7, 11) is 0. The van der Waals surface area contributed by atoms with Crippen LogP contribution in [0.25, 0.3) is 0 Å². The molecule has 8 heteroatoms. The van der Waals surface area contributed by atoms with Crippen LogP contribution in [0.15, 0.2) is 24.3 Å². The van der Waals surface area contributed by atoms with Crippen molar-refractivity contribution in [1.82, 2.24) is 4.90 Å². The number of nitrogens with two attached hydrogens (primary N) is 1. The molecule has 0 unspecified atom stereocenters. The van der Waals surface area contributed by atoms with E-state index in [1.165, 1.54) is 12.1 Å². The maximum atomic E-state index is 12.6. The number of rotatable bonds is 3. The highest BCUT2D eigenvalue weighted by Gasteiger charge is 2.47. The van der Waals surface area contributed by atoms with Gasteiger partial charge in [0.15, 0.2) is 6.10 Å². The van der Waals surface area contributed by atoms with Crippen LogP contribution in [0.2, 0.25) is 0 Å². The van der Waals surface area contributed by atoms with Crippen molar-refractivity contribution in [3.63, 3.8) is 0 Å². The first kappa shape index (κ1) is 16.8. The third-order valence-corrected chi connectivity index (χ3v) is 4.47. The van der Waals surface area contributed by atoms with Gasteiger partial charge < -0.3 is 15.4 Å². The molecule has 1 heterocycles. The smallest absolute Gasteiger partial charge is 0.367 e. The van der Waals surface area contributed by atoms with Crippen molar-refractivity contribution in [2.75, 3.05) is 19.7 Å². The quantitative estimate of drug-likeness (QED) is 0.905. The summed E-state index contributed by atoms with van der Waals surface area (Å²) in [6.45, 7) is 0.764. The molecular formula is C16H17F3N2O3. The molecule has 1 saturated carbocycles. The SMILES string of the molecule is NC(=O)[C@@H]1CN(C(=O)[C@@H]2C[C@@H]2c2ccc(C(F)(F)F)cc2)CCO1. The second kappa shape index (κ2) is 6.08. The molecule has 0 bridgehead atoms. The topological polar surface area (TPSA) is 72.6 Å². The molecular weight excluding hydrogens is 325 g/mol. The van der Waals surface area contributed by atoms with Crippen LogP contribution in [-0.4, -0.2) is 42.5 Å². The molecule has 2 N–H and O–H groups in total. The fourth-order valence-electron chi connectivity index (χ4n) is 3.01. The minimum absolute atomic E-state index is 0.0744. The Labute approximate surface area is 136 Å². The van der Waals surface area contributed by atoms with E-state index in [2.05, 4.69) is 0 Å². The second-order valence-electron chi connectivity index (χ2n) is 6.11. The van der Waals surface area contributed by atoms with Crippen molar-refractivity contribution in [1.29, 1.82) is 0 Å². The fraction of sp³-hybridized carbons (Fsp3) is 0.500. The number of nitrogens with zero attached hydrogens (tertiary/aromatic N) is 1. The van der Waals surface area contributed by atoms with Gasteiger partial charge in [0.05, 0.1) is 18.7 Å². The van der Waals surface area contributed by atoms with Crippen molar-refractivity contribution in [2.24, 2.45) is 11.7 Å². The minimum Gasteiger partial charge on any atom is -0.367 e. The standard InChI is InChI=1S/C16H17F3N2O3/c17-16(18,19)10-3-1-9(2-4-10)11-7-12(11)15(23)21-5-6-24-13(8-21)14(20)22/h1-4,11-13H,5-8H2,(H2,20,22)/t11-,12-,13+/m1/s1. The van der Waals surface area contributed by atoms with Gasteiger partial charge in [0.25, 0.3) is 0 Å². The molecule has 1 aromatic rings. The number of halogens is 3. The molecule has 3 rings (SSSR count). The lowest BCUT2D eigenvalue weighted by Gasteiger charge is -2.31. The molecule has 5 nitrogen and oxygen atoms in total. The third kappa shape index (κ3) is 3.38. The van der Waals surface area contributed by atoms with Crippen molar-refractivity contribution < 1.29 is 27.5 Å². The van der Waals surface area contributed by atoms with Gasteiger partial charge in [-0.05, 0) is 30.0 Å². The van der Waals surface area contributed by atoms with Crippen molar-refractivity contribution in [3.05, 3.63) is 35.4 Å². The van der Waals surface area contributed by atoms with E-state index in [1.807, 2.05) is 0 Å². The first-order valence-corrected chi connectivity index (χ1v) is 7.64. The van der Waals surface area contributed by atoms with E-state index in [0.29, 0.717) is 13.0 Å². The monoisotopic (exact) mass is 342 g/mol. The number of ether oxygens (including phenoxy) is 1. The molecule has 1 aliphatic heterocycles. The van der Waals surface area contributed by atoms with Gasteiger partial charge in [-0.25, -0.2) is 0 Å². The van der Waals surface area contributed by atoms with E-state index in [-0.39, 0.29) is 30.9 Å². The number of amides is 2. The first-order chi connectivity index (χ1) is 11.3. The number of alkyl halides is 3. The molecule has 2 amide bonds. The van der Waals surface area contributed by atoms with Gasteiger partial charge in [0.2, 0.25) is 11.8 Å². The van der Waals surface area contributed by atoms with Crippen LogP contribution in [0.5, 0.6) is 0 Å². The molecule has 0 aromatic heterocycles. The molecule has 1 aliphatic carbocycles. The Hall–Kier alpha value is -2.09. The summed E-state index contributed by atoms with van der Waals surface area (Å²) in [5, 5.41) is 0. The zero-order valence-corrected chi connectivity index (χ0v) is 12.8. The van der Waals surface area contributed by atoms with Crippen molar-refractivity contribution in [3.8, 4) is 0 Å². The van der Waals surface area contributed by atoms with Crippen LogP contribution in [0, 0.1) is 5.92 Å². The van der Waals surface area contributed by atoms with Gasteiger partial charge in [-0.1, -0.05) is 12.1 Å². The zero-order chi connectivity index (χ0) is 17.5. The Morgan fingerprint density at radius 2 is 1.88 bits per heavy atom. The number of morpholine rings is 1. The molecule has 3 atom stereocenters. The number of primary amides is 1. The lowest BCUT2D eigenvalue weighted by Crippen LogP contribution is -2.50. The van der Waals surface area contributed by atoms with Gasteiger partial charge in [-0.3, -0.25) is 9.59 Å². The van der Waals surface area contributed by atoms with E-state index in [0.717, 1.165) is 17.7 Å². The summed E-state index contributed by atoms with van der Waals surface area (Å²) in [6.07, 6.45) is -4.57. The van der Waals surface area contributed by atoms with Gasteiger partial charge in [-0.15, -0.1) is 0 Å². The summed E-state index contributed by atoms with van der Waals surface area (Å²) in [5.74, 6) is -1.04. The number of carbonyl (C=O) groups excluding carboxylic acids is 2. The number of carbonyl (C=O) groups is 2. The molecule has 0 spiro atoms. The van der Waals surface area contributed by atoms with E-state index < -0.39 is 23.8 Å². The highest BCUT2D eigenvalue weighted by atomic mass is 19.4. The van der Waals surface area contributed by atoms with Crippen molar-refractivity contribution >= 4 is 11.8 Å². The normalized spacial score (nSPS) is 27.0. The molecule has 1 aromatic carbocycles. The summed E-state index contributed by atoms with van der Waals surface area (Å²) in [6, 6.07) is 4.92. The van der Waals surface area contributed by atoms with Crippen LogP contribution in [0.4, 0.5) is 13.2 Å². The maximum Gasteiger partial charge on any atom is 0.416 e. The van der Waals surface area contributed by atoms with E-state index in [9.17, 15) is 22.8 Å². The van der Waals surface area contributed by atoms with Crippen LogP contribution in [0.3, 0.4) is 0 Å². The van der Waals surface area contributed by atoms with E-state index in [4.69, 9.17) is 10.5 Å². The third-order valence-electron chi connectivity index (χ3n) is 4.47. The van der Waals surface area contributed by atoms with Crippen LogP contribution in [0.1, 0.15) is 23.5 Å². The summed E-state index contributed by atoms with van der Waals surface area (Å²) < 4.78 is 42.9. The lowest BCUT2D eigenvalue weighted by molar-refractivity contribution is -0.146. The predicted octanol–water partition coefficient (Wildman–Crippen LogP) is 1.52. The molecule has 2 fully saturated rings. The summed E-state index contributed by atoms with van der Waals surface area (Å²) in [4.78, 5) is 25.2. The average Bonchev–Trinajstić information content (AvgIpc) is 3.34. The van der Waals surface area contributed by atoms with Gasteiger partial charge in [-0.2, -0.15) is 13.2 Å². The number of hydrogen-bond acceptors (Lipinski definition) is 3. The van der Waals surface area contributed by atoms with Crippen molar-refractivity contribution in [2.45, 2.75) is 24.6 Å². The van der Waals surface area contributed by atoms with Gasteiger partial charge in [0.1, 0.15) is 0 Å². The lowest BCUT2D eigenvalue weighted by atomic mass is 10.1. The largest absolute Gasteiger partial charge is 0.416 e. The number of hydrogen-bond donors (Lipinski definition) is 1. The van der Waals surface area contributed by atoms with E-state index in [1.54, 1.807) is 4.90 Å². The Balaban J connectivity index is 1.62. The Bertz CT molecular complexity index is 645. The van der Waals surface area contributed by atoms with Crippen LogP contribution in [-0.2, 0) is 20.5 Å². The molecule has 2 aliphatic rings. The maximum absolute atomic E-state index is 12.6. The Morgan fingerprint density at radius 1 is 1.21 bits per heavy atom. The Morgan fingerprint density at radius 3 is 2.46 bits per heavy atom. The average molecular weight is 342 g/mol. The molecule has 1 saturated heterocycles. The molecule has 24 heavy (non-hydrogen) atoms. The second-order valence-corrected chi connectivity index (χ2v) is 6.11. The molecule has 0 radical (unpaired) electrons. The first-order valence-electron chi connectivity index (χ1n) is 7.64. The number of benzene rings is 1. The zero-order valence-electron chi connectivity index (χ0n) is 12.8. The van der Waals surface area contributed by atoms with Gasteiger partial charge in [0, 0.05) is 12.5 Å². The predicted molar refractivity (Wildman–Crippen MR) is 77.8 cm³/mol. The summed E-state index contributed by atoms with van der Waals surface area (Å²) >= 11 is 0. The highest BCUT2D eigenvalue weighted by molar-refractivity contribution is 5.85. The minimum atomic E-state index is -4.37.